The third-order valence-corrected chi connectivity index (χ3v) is 1.21. The Labute approximate surface area is 76.2 Å². The Morgan fingerprint density at radius 1 is 1.69 bits per heavy atom. The average Bonchev–Trinajstić information content (AvgIpc) is 2.04. The molecule has 1 aromatic rings. The molecule has 1 heterocycles. The van der Waals surface area contributed by atoms with Gasteiger partial charge in [-0.15, -0.1) is 0 Å². The van der Waals surface area contributed by atoms with E-state index in [2.05, 4.69) is 15.3 Å². The molecule has 0 radical (unpaired) electrons. The van der Waals surface area contributed by atoms with Crippen LogP contribution in [0.1, 0.15) is 13.8 Å². The number of nitrogens with one attached hydrogen (secondary N) is 1. The maximum atomic E-state index is 10.7. The molecule has 5 nitrogen and oxygen atoms in total. The van der Waals surface area contributed by atoms with Gasteiger partial charge in [-0.1, -0.05) is 0 Å². The summed E-state index contributed by atoms with van der Waals surface area (Å²) in [6.45, 7) is 3.76. The van der Waals surface area contributed by atoms with Crippen LogP contribution >= 0.6 is 0 Å². The molecule has 1 rings (SSSR count). The van der Waals surface area contributed by atoms with Crippen LogP contribution in [0.4, 0.5) is 5.82 Å². The summed E-state index contributed by atoms with van der Waals surface area (Å²) in [5.74, 6) is 0.284. The van der Waals surface area contributed by atoms with Crippen molar-refractivity contribution in [2.24, 2.45) is 0 Å². The number of aromatic nitrogens is 2. The fourth-order valence-electron chi connectivity index (χ4n) is 0.789. The van der Waals surface area contributed by atoms with Crippen molar-refractivity contribution in [3.63, 3.8) is 0 Å². The van der Waals surface area contributed by atoms with Crippen LogP contribution < -0.4 is 10.1 Å². The summed E-state index contributed by atoms with van der Waals surface area (Å²) in [5.41, 5.74) is 0. The summed E-state index contributed by atoms with van der Waals surface area (Å²) in [6.07, 6.45) is 1.53. The SMILES string of the molecule is CCOc1nccc(NC(C)=O)n1. The first kappa shape index (κ1) is 9.44. The highest BCUT2D eigenvalue weighted by Crippen LogP contribution is 2.06. The lowest BCUT2D eigenvalue weighted by atomic mass is 10.5. The number of carbonyl (C=O) groups is 1. The van der Waals surface area contributed by atoms with Crippen molar-refractivity contribution >= 4 is 11.7 Å². The van der Waals surface area contributed by atoms with Crippen LogP contribution in [0.5, 0.6) is 6.01 Å². The van der Waals surface area contributed by atoms with Gasteiger partial charge in [0, 0.05) is 13.1 Å². The van der Waals surface area contributed by atoms with Crippen molar-refractivity contribution in [2.45, 2.75) is 13.8 Å². The van der Waals surface area contributed by atoms with Gasteiger partial charge in [-0.2, -0.15) is 4.98 Å². The molecular weight excluding hydrogens is 170 g/mol. The number of ether oxygens (including phenoxy) is 1. The minimum atomic E-state index is -0.166. The Hall–Kier alpha value is -1.65. The van der Waals surface area contributed by atoms with Crippen LogP contribution in [0.3, 0.4) is 0 Å². The fourth-order valence-corrected chi connectivity index (χ4v) is 0.789. The summed E-state index contributed by atoms with van der Waals surface area (Å²) in [6, 6.07) is 1.87. The Kier molecular flexibility index (Phi) is 3.19. The molecule has 0 aromatic carbocycles. The van der Waals surface area contributed by atoms with Gasteiger partial charge in [-0.25, -0.2) is 4.98 Å². The quantitative estimate of drug-likeness (QED) is 0.750. The zero-order valence-corrected chi connectivity index (χ0v) is 7.57. The van der Waals surface area contributed by atoms with Gasteiger partial charge >= 0.3 is 6.01 Å². The van der Waals surface area contributed by atoms with Gasteiger partial charge in [-0.3, -0.25) is 4.79 Å². The van der Waals surface area contributed by atoms with E-state index in [1.54, 1.807) is 6.07 Å². The second kappa shape index (κ2) is 4.39. The Bertz CT molecular complexity index is 301. The lowest BCUT2D eigenvalue weighted by molar-refractivity contribution is -0.114. The molecule has 0 saturated heterocycles. The molecule has 70 valence electrons. The van der Waals surface area contributed by atoms with Gasteiger partial charge in [0.1, 0.15) is 5.82 Å². The molecule has 0 bridgehead atoms. The van der Waals surface area contributed by atoms with Crippen molar-refractivity contribution in [3.8, 4) is 6.01 Å². The monoisotopic (exact) mass is 181 g/mol. The molecule has 0 spiro atoms. The van der Waals surface area contributed by atoms with E-state index < -0.39 is 0 Å². The van der Waals surface area contributed by atoms with Gasteiger partial charge in [-0.05, 0) is 13.0 Å². The highest BCUT2D eigenvalue weighted by Gasteiger charge is 1.99. The van der Waals surface area contributed by atoms with Gasteiger partial charge < -0.3 is 10.1 Å². The molecule has 0 aliphatic rings. The van der Waals surface area contributed by atoms with Crippen LogP contribution in [0, 0.1) is 0 Å². The van der Waals surface area contributed by atoms with Crippen molar-refractivity contribution in [2.75, 3.05) is 11.9 Å². The number of hydrogen-bond donors (Lipinski definition) is 1. The fraction of sp³-hybridized carbons (Fsp3) is 0.375. The number of nitrogens with zero attached hydrogens (tertiary/aromatic N) is 2. The average molecular weight is 181 g/mol. The standard InChI is InChI=1S/C8H11N3O2/c1-3-13-8-9-5-4-7(11-8)10-6(2)12/h4-5H,3H2,1-2H3,(H,9,10,11,12). The first-order chi connectivity index (χ1) is 6.22. The molecule has 0 saturated carbocycles. The first-order valence-electron chi connectivity index (χ1n) is 3.96. The van der Waals surface area contributed by atoms with Gasteiger partial charge in [0.2, 0.25) is 5.91 Å². The van der Waals surface area contributed by atoms with Crippen molar-refractivity contribution in [3.05, 3.63) is 12.3 Å². The first-order valence-corrected chi connectivity index (χ1v) is 3.96. The molecule has 1 aromatic heterocycles. The molecule has 0 atom stereocenters. The molecule has 0 unspecified atom stereocenters. The van der Waals surface area contributed by atoms with Gasteiger partial charge in [0.15, 0.2) is 0 Å². The van der Waals surface area contributed by atoms with Gasteiger partial charge in [0.05, 0.1) is 6.61 Å². The molecule has 0 aliphatic carbocycles. The topological polar surface area (TPSA) is 64.1 Å². The van der Waals surface area contributed by atoms with Crippen LogP contribution in [-0.2, 0) is 4.79 Å². The Balaban J connectivity index is 2.73. The molecule has 1 amide bonds. The summed E-state index contributed by atoms with van der Waals surface area (Å²) in [7, 11) is 0. The zero-order chi connectivity index (χ0) is 9.68. The third-order valence-electron chi connectivity index (χ3n) is 1.21. The molecule has 0 aliphatic heterocycles. The van der Waals surface area contributed by atoms with E-state index >= 15 is 0 Å². The number of anilines is 1. The molecule has 5 heteroatoms. The number of hydrogen-bond acceptors (Lipinski definition) is 4. The molecular formula is C8H11N3O2. The number of carbonyl (C=O) groups excluding carboxylic acids is 1. The predicted octanol–water partition coefficient (Wildman–Crippen LogP) is 0.834. The van der Waals surface area contributed by atoms with Crippen LogP contribution in [-0.4, -0.2) is 22.5 Å². The van der Waals surface area contributed by atoms with Crippen LogP contribution in [0.15, 0.2) is 12.3 Å². The van der Waals surface area contributed by atoms with E-state index in [9.17, 15) is 4.79 Å². The van der Waals surface area contributed by atoms with E-state index in [0.717, 1.165) is 0 Å². The minimum Gasteiger partial charge on any atom is -0.464 e. The smallest absolute Gasteiger partial charge is 0.318 e. The predicted molar refractivity (Wildman–Crippen MR) is 47.5 cm³/mol. The van der Waals surface area contributed by atoms with E-state index in [-0.39, 0.29) is 11.9 Å². The van der Waals surface area contributed by atoms with Crippen LogP contribution in [0.25, 0.3) is 0 Å². The molecule has 0 fully saturated rings. The van der Waals surface area contributed by atoms with Crippen molar-refractivity contribution < 1.29 is 9.53 Å². The largest absolute Gasteiger partial charge is 0.464 e. The minimum absolute atomic E-state index is 0.166. The maximum absolute atomic E-state index is 10.7. The Morgan fingerprint density at radius 3 is 3.08 bits per heavy atom. The highest BCUT2D eigenvalue weighted by molar-refractivity contribution is 5.87. The summed E-state index contributed by atoms with van der Waals surface area (Å²) in [5, 5.41) is 2.53. The van der Waals surface area contributed by atoms with Crippen molar-refractivity contribution in [1.82, 2.24) is 9.97 Å². The summed E-state index contributed by atoms with van der Waals surface area (Å²) < 4.78 is 5.05. The number of rotatable bonds is 3. The lowest BCUT2D eigenvalue weighted by Crippen LogP contribution is -2.08. The second-order valence-corrected chi connectivity index (χ2v) is 2.34. The third kappa shape index (κ3) is 3.06. The summed E-state index contributed by atoms with van der Waals surface area (Å²) in [4.78, 5) is 18.5. The van der Waals surface area contributed by atoms with E-state index in [0.29, 0.717) is 12.4 Å². The highest BCUT2D eigenvalue weighted by atomic mass is 16.5. The lowest BCUT2D eigenvalue weighted by Gasteiger charge is -2.03. The van der Waals surface area contributed by atoms with E-state index in [1.807, 2.05) is 6.92 Å². The van der Waals surface area contributed by atoms with E-state index in [1.165, 1.54) is 13.1 Å². The summed E-state index contributed by atoms with van der Waals surface area (Å²) >= 11 is 0. The number of amides is 1. The normalized spacial score (nSPS) is 9.38. The van der Waals surface area contributed by atoms with Gasteiger partial charge in [0.25, 0.3) is 0 Å². The second-order valence-electron chi connectivity index (χ2n) is 2.34. The zero-order valence-electron chi connectivity index (χ0n) is 7.57. The molecule has 1 N–H and O–H groups in total. The molecule has 13 heavy (non-hydrogen) atoms. The van der Waals surface area contributed by atoms with Crippen molar-refractivity contribution in [1.29, 1.82) is 0 Å². The van der Waals surface area contributed by atoms with E-state index in [4.69, 9.17) is 4.74 Å². The Morgan fingerprint density at radius 2 is 2.46 bits per heavy atom. The van der Waals surface area contributed by atoms with Crippen LogP contribution in [0.2, 0.25) is 0 Å². The maximum Gasteiger partial charge on any atom is 0.318 e.